The quantitative estimate of drug-likeness (QED) is 0.847. The number of hydrogen-bond acceptors (Lipinski definition) is 3. The number of carbonyl (C=O) groups is 1. The average molecular weight is 259 g/mol. The third-order valence-corrected chi connectivity index (χ3v) is 3.88. The molecule has 1 aliphatic heterocycles. The molecule has 0 aromatic heterocycles. The maximum atomic E-state index is 11.3. The highest BCUT2D eigenvalue weighted by atomic mass is 16.1. The third kappa shape index (κ3) is 3.07. The molecule has 0 spiro atoms. The molecule has 1 amide bonds. The van der Waals surface area contributed by atoms with Gasteiger partial charge in [-0.2, -0.15) is 0 Å². The monoisotopic (exact) mass is 259 g/mol. The summed E-state index contributed by atoms with van der Waals surface area (Å²) in [4.78, 5) is 13.6. The van der Waals surface area contributed by atoms with Crippen LogP contribution >= 0.6 is 0 Å². The van der Waals surface area contributed by atoms with Crippen molar-refractivity contribution in [2.75, 3.05) is 30.4 Å². The van der Waals surface area contributed by atoms with E-state index in [0.717, 1.165) is 31.2 Å². The van der Waals surface area contributed by atoms with Crippen molar-refractivity contribution in [3.05, 3.63) is 23.8 Å². The van der Waals surface area contributed by atoms with Gasteiger partial charge in [-0.1, -0.05) is 0 Å². The van der Waals surface area contributed by atoms with Crippen LogP contribution in [-0.2, 0) is 11.2 Å². The summed E-state index contributed by atoms with van der Waals surface area (Å²) in [5.74, 6) is 0.127. The van der Waals surface area contributed by atoms with E-state index in [1.807, 2.05) is 6.07 Å². The van der Waals surface area contributed by atoms with E-state index in [4.69, 9.17) is 0 Å². The Bertz CT molecular complexity index is 482. The molecule has 4 nitrogen and oxygen atoms in total. The number of likely N-dealkylation sites (N-methyl/N-ethyl adjacent to an activating group) is 1. The number of hydrogen-bond donors (Lipinski definition) is 2. The van der Waals surface area contributed by atoms with Crippen LogP contribution in [0, 0.1) is 0 Å². The van der Waals surface area contributed by atoms with Crippen LogP contribution < -0.4 is 15.5 Å². The highest BCUT2D eigenvalue weighted by molar-refractivity contribution is 5.94. The Balaban J connectivity index is 1.61. The summed E-state index contributed by atoms with van der Waals surface area (Å²) < 4.78 is 0. The minimum atomic E-state index is 0.127. The highest BCUT2D eigenvalue weighted by Crippen LogP contribution is 2.27. The summed E-state index contributed by atoms with van der Waals surface area (Å²) in [6, 6.07) is 7.08. The van der Waals surface area contributed by atoms with Crippen molar-refractivity contribution in [2.24, 2.45) is 0 Å². The van der Waals surface area contributed by atoms with Gasteiger partial charge in [-0.15, -0.1) is 0 Å². The van der Waals surface area contributed by atoms with Crippen molar-refractivity contribution in [2.45, 2.75) is 31.7 Å². The number of rotatable bonds is 5. The molecule has 1 aromatic carbocycles. The lowest BCUT2D eigenvalue weighted by Gasteiger charge is -2.23. The van der Waals surface area contributed by atoms with Gasteiger partial charge in [-0.25, -0.2) is 0 Å². The molecule has 0 saturated heterocycles. The molecule has 1 heterocycles. The molecule has 102 valence electrons. The summed E-state index contributed by atoms with van der Waals surface area (Å²) >= 11 is 0. The molecule has 4 heteroatoms. The van der Waals surface area contributed by atoms with E-state index in [1.54, 1.807) is 0 Å². The maximum absolute atomic E-state index is 11.3. The van der Waals surface area contributed by atoms with Gasteiger partial charge in [0.05, 0.1) is 0 Å². The molecule has 2 aliphatic rings. The van der Waals surface area contributed by atoms with Crippen LogP contribution in [0.1, 0.15) is 24.8 Å². The van der Waals surface area contributed by atoms with Gasteiger partial charge in [0.15, 0.2) is 0 Å². The minimum Gasteiger partial charge on any atom is -0.373 e. The summed E-state index contributed by atoms with van der Waals surface area (Å²) in [6.45, 7) is 2.05. The summed E-state index contributed by atoms with van der Waals surface area (Å²) in [5, 5.41) is 6.45. The first-order chi connectivity index (χ1) is 9.22. The second-order valence-corrected chi connectivity index (χ2v) is 5.54. The highest BCUT2D eigenvalue weighted by Gasteiger charge is 2.20. The first-order valence-corrected chi connectivity index (χ1v) is 7.10. The lowest BCUT2D eigenvalue weighted by atomic mass is 10.0. The van der Waals surface area contributed by atoms with Crippen LogP contribution in [0.5, 0.6) is 0 Å². The largest absolute Gasteiger partial charge is 0.373 e. The Labute approximate surface area is 114 Å². The number of amides is 1. The van der Waals surface area contributed by atoms with Crippen LogP contribution in [0.25, 0.3) is 0 Å². The van der Waals surface area contributed by atoms with E-state index in [0.29, 0.717) is 6.42 Å². The molecule has 0 radical (unpaired) electrons. The van der Waals surface area contributed by atoms with Crippen molar-refractivity contribution in [3.63, 3.8) is 0 Å². The third-order valence-electron chi connectivity index (χ3n) is 3.88. The standard InChI is InChI=1S/C15H21N3O/c1-18(9-8-16-12-3-4-12)13-5-6-14-11(10-13)2-7-15(19)17-14/h5-6,10,12,16H,2-4,7-9H2,1H3,(H,17,19). The first-order valence-electron chi connectivity index (χ1n) is 7.10. The van der Waals surface area contributed by atoms with Gasteiger partial charge < -0.3 is 15.5 Å². The molecule has 0 bridgehead atoms. The second kappa shape index (κ2) is 5.21. The number of aryl methyl sites for hydroxylation is 1. The van der Waals surface area contributed by atoms with Crippen LogP contribution in [0.4, 0.5) is 11.4 Å². The van der Waals surface area contributed by atoms with Crippen LogP contribution in [0.3, 0.4) is 0 Å². The Morgan fingerprint density at radius 2 is 2.21 bits per heavy atom. The normalized spacial score (nSPS) is 17.8. The zero-order valence-electron chi connectivity index (χ0n) is 11.4. The number of anilines is 2. The van der Waals surface area contributed by atoms with E-state index in [-0.39, 0.29) is 5.91 Å². The SMILES string of the molecule is CN(CCNC1CC1)c1ccc2c(c1)CCC(=O)N2. The molecule has 1 aliphatic carbocycles. The van der Waals surface area contributed by atoms with E-state index in [1.165, 1.54) is 24.1 Å². The van der Waals surface area contributed by atoms with Gasteiger partial charge in [-0.05, 0) is 43.0 Å². The van der Waals surface area contributed by atoms with Gasteiger partial charge in [0.2, 0.25) is 5.91 Å². The molecule has 1 fully saturated rings. The number of fused-ring (bicyclic) bond motifs is 1. The van der Waals surface area contributed by atoms with Gasteiger partial charge in [0.25, 0.3) is 0 Å². The molecule has 1 saturated carbocycles. The lowest BCUT2D eigenvalue weighted by molar-refractivity contribution is -0.116. The molecule has 2 N–H and O–H groups in total. The molecule has 0 unspecified atom stereocenters. The molecule has 3 rings (SSSR count). The number of carbonyl (C=O) groups excluding carboxylic acids is 1. The predicted octanol–water partition coefficient (Wildman–Crippen LogP) is 1.76. The summed E-state index contributed by atoms with van der Waals surface area (Å²) in [7, 11) is 2.12. The molecule has 1 aromatic rings. The van der Waals surface area contributed by atoms with Crippen molar-refractivity contribution in [1.82, 2.24) is 5.32 Å². The van der Waals surface area contributed by atoms with Crippen LogP contribution in [-0.4, -0.2) is 32.1 Å². The van der Waals surface area contributed by atoms with Gasteiger partial charge in [0, 0.05) is 44.0 Å². The minimum absolute atomic E-state index is 0.127. The topological polar surface area (TPSA) is 44.4 Å². The predicted molar refractivity (Wildman–Crippen MR) is 77.7 cm³/mol. The fourth-order valence-corrected chi connectivity index (χ4v) is 2.46. The van der Waals surface area contributed by atoms with Crippen molar-refractivity contribution in [3.8, 4) is 0 Å². The van der Waals surface area contributed by atoms with Gasteiger partial charge in [0.1, 0.15) is 0 Å². The second-order valence-electron chi connectivity index (χ2n) is 5.54. The van der Waals surface area contributed by atoms with Gasteiger partial charge in [-0.3, -0.25) is 4.79 Å². The molecule has 19 heavy (non-hydrogen) atoms. The van der Waals surface area contributed by atoms with E-state index < -0.39 is 0 Å². The van der Waals surface area contributed by atoms with Crippen LogP contribution in [0.15, 0.2) is 18.2 Å². The van der Waals surface area contributed by atoms with Crippen LogP contribution in [0.2, 0.25) is 0 Å². The van der Waals surface area contributed by atoms with E-state index >= 15 is 0 Å². The first kappa shape index (κ1) is 12.5. The zero-order chi connectivity index (χ0) is 13.2. The summed E-state index contributed by atoms with van der Waals surface area (Å²) in [5.41, 5.74) is 3.45. The molecular formula is C15H21N3O. The summed E-state index contributed by atoms with van der Waals surface area (Å²) in [6.07, 6.45) is 4.12. The Morgan fingerprint density at radius 1 is 1.37 bits per heavy atom. The van der Waals surface area contributed by atoms with Crippen molar-refractivity contribution in [1.29, 1.82) is 0 Å². The number of nitrogens with zero attached hydrogens (tertiary/aromatic N) is 1. The average Bonchev–Trinajstić information content (AvgIpc) is 3.22. The maximum Gasteiger partial charge on any atom is 0.224 e. The van der Waals surface area contributed by atoms with Crippen molar-refractivity contribution >= 4 is 17.3 Å². The van der Waals surface area contributed by atoms with E-state index in [2.05, 4.69) is 34.7 Å². The number of benzene rings is 1. The molecular weight excluding hydrogens is 238 g/mol. The fraction of sp³-hybridized carbons (Fsp3) is 0.533. The Kier molecular flexibility index (Phi) is 3.42. The fourth-order valence-electron chi connectivity index (χ4n) is 2.46. The molecule has 0 atom stereocenters. The Hall–Kier alpha value is -1.55. The zero-order valence-corrected chi connectivity index (χ0v) is 11.4. The smallest absolute Gasteiger partial charge is 0.224 e. The van der Waals surface area contributed by atoms with Crippen molar-refractivity contribution < 1.29 is 4.79 Å². The Morgan fingerprint density at radius 3 is 3.00 bits per heavy atom. The number of nitrogens with one attached hydrogen (secondary N) is 2. The van der Waals surface area contributed by atoms with Gasteiger partial charge >= 0.3 is 0 Å². The lowest BCUT2D eigenvalue weighted by Crippen LogP contribution is -2.30. The van der Waals surface area contributed by atoms with E-state index in [9.17, 15) is 4.79 Å².